The van der Waals surface area contributed by atoms with Gasteiger partial charge in [-0.15, -0.1) is 32.8 Å². The second-order valence-electron chi connectivity index (χ2n) is 16.7. The zero-order valence-corrected chi connectivity index (χ0v) is 38.5. The predicted octanol–water partition coefficient (Wildman–Crippen LogP) is 10.2. The Morgan fingerprint density at radius 1 is 0.629 bits per heavy atom. The predicted molar refractivity (Wildman–Crippen MR) is 242 cm³/mol. The van der Waals surface area contributed by atoms with Crippen molar-refractivity contribution in [3.63, 3.8) is 0 Å². The second-order valence-corrected chi connectivity index (χ2v) is 16.7. The van der Waals surface area contributed by atoms with Gasteiger partial charge in [0, 0.05) is 64.5 Å². The monoisotopic (exact) mass is 1000 g/mol. The SMILES string of the molecule is CC(C)C(=O)N1CCC(C(=O)N(Cc2ccc(-c3nnc(C(F)(F)F)o3)cc2F)c2ccccc2)CC1.Cl.O=C(C1CCNCC1)N(Cc1ccc(-c2nnc(C(F)(F)F)o2)cc1F)c1ccccc1. The number of hydrogen-bond donors (Lipinski definition) is 1. The number of amides is 3. The first-order valence-electron chi connectivity index (χ1n) is 22.0. The van der Waals surface area contributed by atoms with Crippen molar-refractivity contribution in [3.05, 3.63) is 132 Å². The van der Waals surface area contributed by atoms with Crippen LogP contribution in [0.3, 0.4) is 0 Å². The molecule has 0 unspecified atom stereocenters. The lowest BCUT2D eigenvalue weighted by atomic mass is 9.94. The number of anilines is 2. The van der Waals surface area contributed by atoms with E-state index in [9.17, 15) is 45.1 Å². The molecule has 2 fully saturated rings. The first-order chi connectivity index (χ1) is 32.9. The fourth-order valence-electron chi connectivity index (χ4n) is 7.90. The van der Waals surface area contributed by atoms with Crippen LogP contribution in [0.4, 0.5) is 46.5 Å². The number of aromatic nitrogens is 4. The Hall–Kier alpha value is -6.74. The zero-order chi connectivity index (χ0) is 49.5. The Balaban J connectivity index is 0.000000229. The van der Waals surface area contributed by atoms with Gasteiger partial charge in [-0.1, -0.05) is 62.4 Å². The highest BCUT2D eigenvalue weighted by atomic mass is 35.5. The number of benzene rings is 4. The smallest absolute Gasteiger partial charge is 0.413 e. The van der Waals surface area contributed by atoms with E-state index >= 15 is 4.39 Å². The molecule has 0 radical (unpaired) electrons. The molecule has 372 valence electrons. The molecular formula is C48H47ClF8N8O5. The Kier molecular flexibility index (Phi) is 17.1. The summed E-state index contributed by atoms with van der Waals surface area (Å²) < 4.78 is 116. The fraction of sp³-hybridized carbons (Fsp3) is 0.354. The number of carbonyl (C=O) groups is 3. The van der Waals surface area contributed by atoms with E-state index < -0.39 is 47.5 Å². The summed E-state index contributed by atoms with van der Waals surface area (Å²) in [5, 5.41) is 15.8. The van der Waals surface area contributed by atoms with Crippen LogP contribution in [0.15, 0.2) is 106 Å². The van der Waals surface area contributed by atoms with Crippen LogP contribution in [-0.4, -0.2) is 69.2 Å². The van der Waals surface area contributed by atoms with Gasteiger partial charge in [0.15, 0.2) is 0 Å². The first kappa shape index (κ1) is 52.6. The number of hydrogen-bond acceptors (Lipinski definition) is 10. The minimum absolute atomic E-state index is 0. The molecule has 22 heteroatoms. The van der Waals surface area contributed by atoms with Crippen molar-refractivity contribution in [1.29, 1.82) is 0 Å². The Labute approximate surface area is 402 Å². The van der Waals surface area contributed by atoms with E-state index in [0.717, 1.165) is 25.2 Å². The Morgan fingerprint density at radius 3 is 1.39 bits per heavy atom. The van der Waals surface area contributed by atoms with Crippen LogP contribution in [0.1, 0.15) is 62.4 Å². The lowest BCUT2D eigenvalue weighted by Gasteiger charge is -2.35. The minimum atomic E-state index is -4.81. The molecule has 8 rings (SSSR count). The highest BCUT2D eigenvalue weighted by molar-refractivity contribution is 5.96. The van der Waals surface area contributed by atoms with Crippen LogP contribution < -0.4 is 15.1 Å². The van der Waals surface area contributed by atoms with Gasteiger partial charge < -0.3 is 28.9 Å². The number of nitrogens with zero attached hydrogens (tertiary/aromatic N) is 7. The lowest BCUT2D eigenvalue weighted by molar-refractivity contribution is -0.157. The zero-order valence-electron chi connectivity index (χ0n) is 37.6. The van der Waals surface area contributed by atoms with Gasteiger partial charge in [-0.05, 0) is 87.3 Å². The standard InChI is InChI=1S/C26H26F4N4O3.C22H20F4N4O2.ClH/c1-16(2)23(35)33-12-10-17(11-13-33)24(36)34(20-6-4-3-5-7-20)15-19-9-8-18(14-21(19)27)22-31-32-25(37-22)26(28,29)30;23-18-12-15(19-28-29-21(32-19)22(24,25)26)6-7-16(18)13-30(17-4-2-1-3-5-17)20(31)14-8-10-27-11-9-14;/h3-9,14,16-17H,10-13,15H2,1-2H3;1-7,12,14,27H,8-11,13H2;1H. The third kappa shape index (κ3) is 12.9. The molecular weight excluding hydrogens is 956 g/mol. The highest BCUT2D eigenvalue weighted by Crippen LogP contribution is 2.34. The van der Waals surface area contributed by atoms with Crippen molar-refractivity contribution in [3.8, 4) is 22.9 Å². The van der Waals surface area contributed by atoms with E-state index in [4.69, 9.17) is 0 Å². The first-order valence-corrected chi connectivity index (χ1v) is 22.0. The van der Waals surface area contributed by atoms with E-state index in [0.29, 0.717) is 50.1 Å². The number of piperidine rings is 2. The lowest BCUT2D eigenvalue weighted by Crippen LogP contribution is -2.45. The molecule has 0 saturated carbocycles. The van der Waals surface area contributed by atoms with E-state index in [1.165, 1.54) is 29.2 Å². The maximum absolute atomic E-state index is 15.1. The van der Waals surface area contributed by atoms with Gasteiger partial charge in [0.2, 0.25) is 29.5 Å². The minimum Gasteiger partial charge on any atom is -0.413 e. The molecule has 70 heavy (non-hydrogen) atoms. The quantitative estimate of drug-likeness (QED) is 0.124. The van der Waals surface area contributed by atoms with Crippen molar-refractivity contribution in [1.82, 2.24) is 30.6 Å². The van der Waals surface area contributed by atoms with Crippen LogP contribution >= 0.6 is 12.4 Å². The van der Waals surface area contributed by atoms with Gasteiger partial charge in [-0.2, -0.15) is 26.3 Å². The van der Waals surface area contributed by atoms with Crippen LogP contribution in [0.25, 0.3) is 22.9 Å². The number of carbonyl (C=O) groups excluding carboxylic acids is 3. The maximum atomic E-state index is 15.1. The molecule has 2 aromatic heterocycles. The summed E-state index contributed by atoms with van der Waals surface area (Å²) in [6.45, 7) is 6.01. The third-order valence-corrected chi connectivity index (χ3v) is 11.6. The Morgan fingerprint density at radius 2 is 1.03 bits per heavy atom. The van der Waals surface area contributed by atoms with Crippen LogP contribution in [0.5, 0.6) is 0 Å². The van der Waals surface area contributed by atoms with Crippen LogP contribution in [0.2, 0.25) is 0 Å². The number of likely N-dealkylation sites (tertiary alicyclic amines) is 1. The van der Waals surface area contributed by atoms with Crippen molar-refractivity contribution < 1.29 is 58.3 Å². The largest absolute Gasteiger partial charge is 0.470 e. The van der Waals surface area contributed by atoms with Gasteiger partial charge in [-0.3, -0.25) is 14.4 Å². The van der Waals surface area contributed by atoms with Crippen LogP contribution in [0, 0.1) is 29.4 Å². The second kappa shape index (κ2) is 22.8. The maximum Gasteiger partial charge on any atom is 0.470 e. The summed E-state index contributed by atoms with van der Waals surface area (Å²) in [6.07, 6.45) is -7.19. The summed E-state index contributed by atoms with van der Waals surface area (Å²) in [5.74, 6) is -6.17. The summed E-state index contributed by atoms with van der Waals surface area (Å²) in [7, 11) is 0. The average molecular weight is 1000 g/mol. The van der Waals surface area contributed by atoms with Crippen LogP contribution in [-0.2, 0) is 39.8 Å². The number of halogens is 9. The molecule has 0 aliphatic carbocycles. The van der Waals surface area contributed by atoms with Crippen molar-refractivity contribution in [2.75, 3.05) is 36.0 Å². The number of para-hydroxylation sites is 2. The molecule has 6 aromatic rings. The number of nitrogens with one attached hydrogen (secondary N) is 1. The highest BCUT2D eigenvalue weighted by Gasteiger charge is 2.40. The molecule has 1 N–H and O–H groups in total. The summed E-state index contributed by atoms with van der Waals surface area (Å²) >= 11 is 0. The van der Waals surface area contributed by atoms with E-state index in [-0.39, 0.29) is 83.2 Å². The van der Waals surface area contributed by atoms with Gasteiger partial charge in [0.1, 0.15) is 11.6 Å². The molecule has 4 heterocycles. The number of alkyl halides is 6. The molecule has 2 saturated heterocycles. The van der Waals surface area contributed by atoms with Gasteiger partial charge in [-0.25, -0.2) is 8.78 Å². The summed E-state index contributed by atoms with van der Waals surface area (Å²) in [5.41, 5.74) is 1.63. The Bertz CT molecular complexity index is 2710. The summed E-state index contributed by atoms with van der Waals surface area (Å²) in [6, 6.07) is 25.4. The molecule has 13 nitrogen and oxygen atoms in total. The van der Waals surface area contributed by atoms with Gasteiger partial charge in [0.25, 0.3) is 0 Å². The number of rotatable bonds is 11. The molecule has 2 aliphatic heterocycles. The molecule has 0 bridgehead atoms. The van der Waals surface area contributed by atoms with E-state index in [1.54, 1.807) is 64.4 Å². The normalized spacial score (nSPS) is 14.6. The molecule has 0 atom stereocenters. The summed E-state index contributed by atoms with van der Waals surface area (Å²) in [4.78, 5) is 43.9. The molecule has 4 aromatic carbocycles. The van der Waals surface area contributed by atoms with E-state index in [1.807, 2.05) is 19.9 Å². The average Bonchev–Trinajstić information content (AvgIpc) is 4.07. The fourth-order valence-corrected chi connectivity index (χ4v) is 7.90. The third-order valence-electron chi connectivity index (χ3n) is 11.6. The molecule has 2 aliphatic rings. The topological polar surface area (TPSA) is 151 Å². The van der Waals surface area contributed by atoms with Gasteiger partial charge in [0.05, 0.1) is 13.1 Å². The van der Waals surface area contributed by atoms with Gasteiger partial charge >= 0.3 is 24.1 Å². The van der Waals surface area contributed by atoms with E-state index in [2.05, 4.69) is 34.5 Å². The van der Waals surface area contributed by atoms with Crippen molar-refractivity contribution >= 4 is 41.5 Å². The molecule has 0 spiro atoms. The van der Waals surface area contributed by atoms with Crippen molar-refractivity contribution in [2.24, 2.45) is 17.8 Å². The van der Waals surface area contributed by atoms with Crippen molar-refractivity contribution in [2.45, 2.75) is 65.0 Å². The molecule has 3 amide bonds.